The van der Waals surface area contributed by atoms with Gasteiger partial charge in [0.15, 0.2) is 0 Å². The summed E-state index contributed by atoms with van der Waals surface area (Å²) in [6.45, 7) is 6.02. The number of oxime groups is 1. The fourth-order valence-electron chi connectivity index (χ4n) is 2.56. The second-order valence-electron chi connectivity index (χ2n) is 5.45. The van der Waals surface area contributed by atoms with Gasteiger partial charge in [-0.15, -0.1) is 6.58 Å². The van der Waals surface area contributed by atoms with Crippen molar-refractivity contribution >= 4 is 5.71 Å². The molecule has 1 N–H and O–H groups in total. The summed E-state index contributed by atoms with van der Waals surface area (Å²) >= 11 is 0. The fourth-order valence-corrected chi connectivity index (χ4v) is 2.56. The molecule has 0 amide bonds. The lowest BCUT2D eigenvalue weighted by Crippen LogP contribution is -2.39. The van der Waals surface area contributed by atoms with E-state index in [4.69, 9.17) is 9.57 Å². The number of rotatable bonds is 9. The SMILES string of the molecule is C=CCN(C[C@@H](O)COC)C[C@@H]1CC(c2ccccc2)=NO1. The van der Waals surface area contributed by atoms with Crippen molar-refractivity contribution in [2.24, 2.45) is 5.16 Å². The predicted molar refractivity (Wildman–Crippen MR) is 87.0 cm³/mol. The second kappa shape index (κ2) is 8.68. The Labute approximate surface area is 131 Å². The van der Waals surface area contributed by atoms with Gasteiger partial charge in [0.1, 0.15) is 6.10 Å². The third kappa shape index (κ3) is 4.94. The summed E-state index contributed by atoms with van der Waals surface area (Å²) in [7, 11) is 1.58. The molecule has 1 heterocycles. The van der Waals surface area contributed by atoms with Crippen molar-refractivity contribution in [3.63, 3.8) is 0 Å². The minimum Gasteiger partial charge on any atom is -0.390 e. The van der Waals surface area contributed by atoms with Crippen LogP contribution in [0.3, 0.4) is 0 Å². The van der Waals surface area contributed by atoms with Crippen LogP contribution in [0.2, 0.25) is 0 Å². The van der Waals surface area contributed by atoms with Gasteiger partial charge in [-0.3, -0.25) is 4.90 Å². The molecular weight excluding hydrogens is 280 g/mol. The fraction of sp³-hybridized carbons (Fsp3) is 0.471. The lowest BCUT2D eigenvalue weighted by Gasteiger charge is -2.25. The molecule has 0 saturated heterocycles. The molecule has 0 fully saturated rings. The predicted octanol–water partition coefficient (Wildman–Crippen LogP) is 1.67. The summed E-state index contributed by atoms with van der Waals surface area (Å²) in [4.78, 5) is 7.64. The Hall–Kier alpha value is -1.69. The molecule has 5 nitrogen and oxygen atoms in total. The minimum atomic E-state index is -0.513. The zero-order chi connectivity index (χ0) is 15.8. The maximum atomic E-state index is 9.88. The topological polar surface area (TPSA) is 54.3 Å². The van der Waals surface area contributed by atoms with Crippen molar-refractivity contribution in [2.75, 3.05) is 33.4 Å². The molecule has 1 aromatic carbocycles. The molecule has 0 unspecified atom stereocenters. The first-order valence-corrected chi connectivity index (χ1v) is 7.51. The first-order chi connectivity index (χ1) is 10.7. The molecule has 0 radical (unpaired) electrons. The highest BCUT2D eigenvalue weighted by molar-refractivity contribution is 6.01. The Balaban J connectivity index is 1.86. The van der Waals surface area contributed by atoms with Crippen molar-refractivity contribution < 1.29 is 14.7 Å². The van der Waals surface area contributed by atoms with Crippen LogP contribution in [0, 0.1) is 0 Å². The summed E-state index contributed by atoms with van der Waals surface area (Å²) in [5.41, 5.74) is 2.07. The van der Waals surface area contributed by atoms with E-state index in [2.05, 4.69) is 16.6 Å². The molecule has 1 aliphatic heterocycles. The van der Waals surface area contributed by atoms with Crippen LogP contribution in [0.5, 0.6) is 0 Å². The molecule has 1 aliphatic rings. The first kappa shape index (κ1) is 16.7. The molecule has 0 aliphatic carbocycles. The molecule has 22 heavy (non-hydrogen) atoms. The molecule has 0 saturated carbocycles. The molecule has 0 spiro atoms. The van der Waals surface area contributed by atoms with E-state index in [1.807, 2.05) is 36.4 Å². The number of hydrogen-bond donors (Lipinski definition) is 1. The summed E-state index contributed by atoms with van der Waals surface area (Å²) in [6.07, 6.45) is 2.09. The van der Waals surface area contributed by atoms with Crippen LogP contribution < -0.4 is 0 Å². The number of benzene rings is 1. The largest absolute Gasteiger partial charge is 0.390 e. The maximum Gasteiger partial charge on any atom is 0.145 e. The first-order valence-electron chi connectivity index (χ1n) is 7.51. The van der Waals surface area contributed by atoms with Crippen LogP contribution in [-0.2, 0) is 9.57 Å². The second-order valence-corrected chi connectivity index (χ2v) is 5.45. The number of methoxy groups -OCH3 is 1. The van der Waals surface area contributed by atoms with Gasteiger partial charge in [-0.05, 0) is 5.56 Å². The smallest absolute Gasteiger partial charge is 0.145 e. The molecule has 1 aromatic rings. The van der Waals surface area contributed by atoms with Crippen molar-refractivity contribution in [3.8, 4) is 0 Å². The Bertz CT molecular complexity index is 490. The van der Waals surface area contributed by atoms with E-state index >= 15 is 0 Å². The molecule has 2 rings (SSSR count). The Kier molecular flexibility index (Phi) is 6.58. The minimum absolute atomic E-state index is 0.00454. The van der Waals surface area contributed by atoms with Gasteiger partial charge in [0.25, 0.3) is 0 Å². The van der Waals surface area contributed by atoms with Crippen molar-refractivity contribution in [1.82, 2.24) is 4.90 Å². The normalized spacial score (nSPS) is 18.9. The van der Waals surface area contributed by atoms with Gasteiger partial charge in [-0.25, -0.2) is 0 Å². The van der Waals surface area contributed by atoms with Crippen molar-refractivity contribution in [1.29, 1.82) is 0 Å². The standard InChI is InChI=1S/C17H24N2O3/c1-3-9-19(11-15(20)13-21-2)12-16-10-17(18-22-16)14-7-5-4-6-8-14/h3-8,15-16,20H,1,9-13H2,2H3/t15-,16+/m1/s1. The van der Waals surface area contributed by atoms with Gasteiger partial charge in [0.05, 0.1) is 18.4 Å². The van der Waals surface area contributed by atoms with E-state index in [1.165, 1.54) is 0 Å². The Morgan fingerprint density at radius 1 is 1.50 bits per heavy atom. The highest BCUT2D eigenvalue weighted by Crippen LogP contribution is 2.17. The van der Waals surface area contributed by atoms with Crippen molar-refractivity contribution in [3.05, 3.63) is 48.6 Å². The van der Waals surface area contributed by atoms with Crippen LogP contribution in [0.4, 0.5) is 0 Å². The monoisotopic (exact) mass is 304 g/mol. The average Bonchev–Trinajstić information content (AvgIpc) is 2.97. The quantitative estimate of drug-likeness (QED) is 0.705. The highest BCUT2D eigenvalue weighted by Gasteiger charge is 2.25. The zero-order valence-electron chi connectivity index (χ0n) is 13.0. The van der Waals surface area contributed by atoms with E-state index in [9.17, 15) is 5.11 Å². The molecule has 5 heteroatoms. The van der Waals surface area contributed by atoms with Crippen LogP contribution in [0.25, 0.3) is 0 Å². The number of hydrogen-bond acceptors (Lipinski definition) is 5. The van der Waals surface area contributed by atoms with Gasteiger partial charge in [-0.2, -0.15) is 0 Å². The summed E-state index contributed by atoms with van der Waals surface area (Å²) in [5, 5.41) is 14.1. The van der Waals surface area contributed by atoms with E-state index < -0.39 is 6.10 Å². The average molecular weight is 304 g/mol. The number of ether oxygens (including phenoxy) is 1. The van der Waals surface area contributed by atoms with Crippen molar-refractivity contribution in [2.45, 2.75) is 18.6 Å². The van der Waals surface area contributed by atoms with Gasteiger partial charge < -0.3 is 14.7 Å². The molecule has 120 valence electrons. The summed E-state index contributed by atoms with van der Waals surface area (Å²) in [5.74, 6) is 0. The number of aliphatic hydroxyl groups excluding tert-OH is 1. The van der Waals surface area contributed by atoms with E-state index in [0.29, 0.717) is 26.2 Å². The zero-order valence-corrected chi connectivity index (χ0v) is 13.0. The molecular formula is C17H24N2O3. The number of nitrogens with zero attached hydrogens (tertiary/aromatic N) is 2. The van der Waals surface area contributed by atoms with E-state index in [1.54, 1.807) is 7.11 Å². The van der Waals surface area contributed by atoms with Gasteiger partial charge in [-0.1, -0.05) is 41.6 Å². The maximum absolute atomic E-state index is 9.88. The lowest BCUT2D eigenvalue weighted by molar-refractivity contribution is 0.0154. The molecule has 0 bridgehead atoms. The third-order valence-electron chi connectivity index (χ3n) is 3.52. The van der Waals surface area contributed by atoms with Gasteiger partial charge in [0, 0.05) is 33.2 Å². The third-order valence-corrected chi connectivity index (χ3v) is 3.52. The van der Waals surface area contributed by atoms with Gasteiger partial charge >= 0.3 is 0 Å². The lowest BCUT2D eigenvalue weighted by atomic mass is 10.0. The van der Waals surface area contributed by atoms with Crippen LogP contribution >= 0.6 is 0 Å². The summed E-state index contributed by atoms with van der Waals surface area (Å²) < 4.78 is 4.97. The number of aliphatic hydroxyl groups is 1. The van der Waals surface area contributed by atoms with E-state index in [0.717, 1.165) is 17.7 Å². The Morgan fingerprint density at radius 2 is 2.27 bits per heavy atom. The van der Waals surface area contributed by atoms with Crippen LogP contribution in [0.1, 0.15) is 12.0 Å². The highest BCUT2D eigenvalue weighted by atomic mass is 16.6. The van der Waals surface area contributed by atoms with Gasteiger partial charge in [0.2, 0.25) is 0 Å². The van der Waals surface area contributed by atoms with E-state index in [-0.39, 0.29) is 6.10 Å². The van der Waals surface area contributed by atoms with Crippen LogP contribution in [-0.4, -0.2) is 61.3 Å². The molecule has 0 aromatic heterocycles. The summed E-state index contributed by atoms with van der Waals surface area (Å²) in [6, 6.07) is 10.1. The molecule has 2 atom stereocenters. The van der Waals surface area contributed by atoms with Crippen LogP contribution in [0.15, 0.2) is 48.1 Å². The Morgan fingerprint density at radius 3 is 2.95 bits per heavy atom.